The topological polar surface area (TPSA) is 91.1 Å². The van der Waals surface area contributed by atoms with Gasteiger partial charge in [0, 0.05) is 23.4 Å². The molecule has 1 aromatic rings. The summed E-state index contributed by atoms with van der Waals surface area (Å²) in [5.74, 6) is -0.275. The van der Waals surface area contributed by atoms with Gasteiger partial charge in [-0.3, -0.25) is 14.9 Å². The number of halogens is 1. The fourth-order valence-electron chi connectivity index (χ4n) is 0.895. The van der Waals surface area contributed by atoms with Crippen LogP contribution in [-0.4, -0.2) is 22.8 Å². The maximum Gasteiger partial charge on any atom is 0.321 e. The highest BCUT2D eigenvalue weighted by molar-refractivity contribution is 7.07. The minimum absolute atomic E-state index is 0.0876. The molecule has 3 N–H and O–H groups in total. The quantitative estimate of drug-likeness (QED) is 0.687. The molecule has 0 aromatic carbocycles. The first-order valence-electron chi connectivity index (χ1n) is 4.42. The lowest BCUT2D eigenvalue weighted by molar-refractivity contribution is -0.119. The number of rotatable bonds is 4. The van der Waals surface area contributed by atoms with Crippen molar-refractivity contribution in [3.63, 3.8) is 0 Å². The Bertz CT molecular complexity index is 428. The van der Waals surface area contributed by atoms with Gasteiger partial charge in [-0.1, -0.05) is 11.3 Å². The number of imide groups is 1. The number of alkyl halides is 1. The summed E-state index contributed by atoms with van der Waals surface area (Å²) in [6, 6.07) is -0.609. The molecule has 0 aliphatic rings. The Kier molecular flexibility index (Phi) is 5.00. The molecule has 0 radical (unpaired) electrons. The predicted molar refractivity (Wildman–Crippen MR) is 60.7 cm³/mol. The van der Waals surface area contributed by atoms with Crippen LogP contribution < -0.4 is 15.5 Å². The van der Waals surface area contributed by atoms with E-state index in [1.54, 1.807) is 5.38 Å². The van der Waals surface area contributed by atoms with Crippen molar-refractivity contribution in [1.29, 1.82) is 0 Å². The van der Waals surface area contributed by atoms with Gasteiger partial charge in [-0.2, -0.15) is 0 Å². The predicted octanol–water partition coefficient (Wildman–Crippen LogP) is 0.391. The molecular formula is C8H10ClN3O3S. The van der Waals surface area contributed by atoms with Crippen molar-refractivity contribution in [2.24, 2.45) is 0 Å². The second kappa shape index (κ2) is 6.29. The Balaban J connectivity index is 2.30. The Morgan fingerprint density at radius 2 is 2.25 bits per heavy atom. The van der Waals surface area contributed by atoms with Crippen LogP contribution in [0.15, 0.2) is 10.2 Å². The number of hydrogen-bond donors (Lipinski definition) is 3. The van der Waals surface area contributed by atoms with Crippen LogP contribution >= 0.6 is 22.9 Å². The summed E-state index contributed by atoms with van der Waals surface area (Å²) < 4.78 is 0. The van der Waals surface area contributed by atoms with Gasteiger partial charge in [-0.25, -0.2) is 4.79 Å². The van der Waals surface area contributed by atoms with Gasteiger partial charge in [0.05, 0.1) is 6.54 Å². The summed E-state index contributed by atoms with van der Waals surface area (Å²) in [6.07, 6.45) is 0.0876. The Hall–Kier alpha value is -1.34. The Labute approximate surface area is 100 Å². The zero-order chi connectivity index (χ0) is 12.0. The van der Waals surface area contributed by atoms with Gasteiger partial charge in [0.15, 0.2) is 0 Å². The van der Waals surface area contributed by atoms with Gasteiger partial charge < -0.3 is 10.3 Å². The van der Waals surface area contributed by atoms with E-state index >= 15 is 0 Å². The second-order valence-corrected chi connectivity index (χ2v) is 4.06. The fraction of sp³-hybridized carbons (Fsp3) is 0.375. The van der Waals surface area contributed by atoms with Crippen LogP contribution in [0, 0.1) is 0 Å². The first kappa shape index (κ1) is 12.7. The van der Waals surface area contributed by atoms with Crippen LogP contribution in [-0.2, 0) is 11.3 Å². The molecule has 0 saturated heterocycles. The molecule has 0 spiro atoms. The van der Waals surface area contributed by atoms with E-state index in [0.717, 1.165) is 11.3 Å². The first-order valence-corrected chi connectivity index (χ1v) is 5.83. The highest BCUT2D eigenvalue weighted by Crippen LogP contribution is 1.94. The van der Waals surface area contributed by atoms with Crippen molar-refractivity contribution < 1.29 is 9.59 Å². The van der Waals surface area contributed by atoms with Crippen molar-refractivity contribution in [3.05, 3.63) is 20.7 Å². The zero-order valence-electron chi connectivity index (χ0n) is 8.21. The highest BCUT2D eigenvalue weighted by Gasteiger charge is 2.06. The van der Waals surface area contributed by atoms with Crippen LogP contribution in [0.2, 0.25) is 0 Å². The number of carbonyl (C=O) groups excluding carboxylic acids is 2. The lowest BCUT2D eigenvalue weighted by atomic mass is 10.4. The lowest BCUT2D eigenvalue weighted by Gasteiger charge is -2.04. The van der Waals surface area contributed by atoms with Crippen molar-refractivity contribution in [1.82, 2.24) is 15.6 Å². The summed E-state index contributed by atoms with van der Waals surface area (Å²) in [4.78, 5) is 35.2. The molecule has 88 valence electrons. The van der Waals surface area contributed by atoms with Gasteiger partial charge in [-0.05, 0) is 0 Å². The normalized spacial score (nSPS) is 9.81. The molecular weight excluding hydrogens is 254 g/mol. The molecule has 6 nitrogen and oxygen atoms in total. The molecule has 8 heteroatoms. The number of nitrogens with one attached hydrogen (secondary N) is 3. The molecule has 0 fully saturated rings. The van der Waals surface area contributed by atoms with Crippen molar-refractivity contribution in [2.75, 3.05) is 5.88 Å². The number of carbonyl (C=O) groups is 2. The standard InChI is InChI=1S/C8H10ClN3O3S/c9-2-1-6(13)12-7(14)10-3-5-4-16-8(15)11-5/h4H,1-3H2,(H,11,15)(H2,10,12,13,14). The van der Waals surface area contributed by atoms with E-state index in [1.165, 1.54) is 0 Å². The van der Waals surface area contributed by atoms with E-state index in [4.69, 9.17) is 11.6 Å². The minimum Gasteiger partial charge on any atom is -0.332 e. The van der Waals surface area contributed by atoms with Gasteiger partial charge in [0.2, 0.25) is 5.91 Å². The summed E-state index contributed by atoms with van der Waals surface area (Å²) in [6.45, 7) is 0.165. The monoisotopic (exact) mass is 263 g/mol. The van der Waals surface area contributed by atoms with E-state index in [-0.39, 0.29) is 23.7 Å². The van der Waals surface area contributed by atoms with Gasteiger partial charge >= 0.3 is 10.9 Å². The van der Waals surface area contributed by atoms with E-state index in [9.17, 15) is 14.4 Å². The molecule has 0 aliphatic carbocycles. The van der Waals surface area contributed by atoms with Crippen LogP contribution in [0.5, 0.6) is 0 Å². The molecule has 0 bridgehead atoms. The third kappa shape index (κ3) is 4.45. The number of hydrogen-bond acceptors (Lipinski definition) is 4. The highest BCUT2D eigenvalue weighted by atomic mass is 35.5. The second-order valence-electron chi connectivity index (χ2n) is 2.84. The number of amides is 3. The number of thiazole rings is 1. The van der Waals surface area contributed by atoms with Crippen LogP contribution in [0.1, 0.15) is 12.1 Å². The average molecular weight is 264 g/mol. The van der Waals surface area contributed by atoms with E-state index in [1.807, 2.05) is 0 Å². The van der Waals surface area contributed by atoms with Crippen LogP contribution in [0.4, 0.5) is 4.79 Å². The summed E-state index contributed by atoms with van der Waals surface area (Å²) in [7, 11) is 0. The number of H-pyrrole nitrogens is 1. The maximum absolute atomic E-state index is 11.1. The molecule has 0 saturated carbocycles. The van der Waals surface area contributed by atoms with Gasteiger partial charge in [0.25, 0.3) is 0 Å². The molecule has 0 aliphatic heterocycles. The molecule has 16 heavy (non-hydrogen) atoms. The molecule has 0 unspecified atom stereocenters. The average Bonchev–Trinajstić information content (AvgIpc) is 2.61. The smallest absolute Gasteiger partial charge is 0.321 e. The maximum atomic E-state index is 11.1. The lowest BCUT2D eigenvalue weighted by Crippen LogP contribution is -2.39. The third-order valence-corrected chi connectivity index (χ3v) is 2.49. The molecule has 1 aromatic heterocycles. The van der Waals surface area contributed by atoms with Crippen LogP contribution in [0.3, 0.4) is 0 Å². The molecule has 0 atom stereocenters. The van der Waals surface area contributed by atoms with E-state index in [2.05, 4.69) is 15.6 Å². The first-order chi connectivity index (χ1) is 7.61. The van der Waals surface area contributed by atoms with E-state index in [0.29, 0.717) is 5.69 Å². The van der Waals surface area contributed by atoms with Crippen molar-refractivity contribution >= 4 is 34.9 Å². The number of aromatic amines is 1. The third-order valence-electron chi connectivity index (χ3n) is 1.58. The number of urea groups is 1. The molecule has 1 rings (SSSR count). The number of aromatic nitrogens is 1. The van der Waals surface area contributed by atoms with Crippen molar-refractivity contribution in [2.45, 2.75) is 13.0 Å². The summed E-state index contributed by atoms with van der Waals surface area (Å²) in [5.41, 5.74) is 0.593. The Morgan fingerprint density at radius 3 is 2.81 bits per heavy atom. The van der Waals surface area contributed by atoms with Crippen molar-refractivity contribution in [3.8, 4) is 0 Å². The molecule has 1 heterocycles. The fourth-order valence-corrected chi connectivity index (χ4v) is 1.65. The van der Waals surface area contributed by atoms with Gasteiger partial charge in [-0.15, -0.1) is 11.6 Å². The van der Waals surface area contributed by atoms with E-state index < -0.39 is 11.9 Å². The summed E-state index contributed by atoms with van der Waals surface area (Å²) >= 11 is 6.34. The minimum atomic E-state index is -0.609. The van der Waals surface area contributed by atoms with Gasteiger partial charge in [0.1, 0.15) is 0 Å². The SMILES string of the molecule is O=C(CCCl)NC(=O)NCc1csc(=O)[nH]1. The Morgan fingerprint density at radius 1 is 1.50 bits per heavy atom. The largest absolute Gasteiger partial charge is 0.332 e. The zero-order valence-corrected chi connectivity index (χ0v) is 9.78. The molecule has 3 amide bonds. The van der Waals surface area contributed by atoms with Crippen LogP contribution in [0.25, 0.3) is 0 Å². The summed E-state index contributed by atoms with van der Waals surface area (Å²) in [5, 5.41) is 6.12.